The molecule has 2 amide bonds. The Morgan fingerprint density at radius 1 is 1.15 bits per heavy atom. The molecule has 0 saturated carbocycles. The van der Waals surface area contributed by atoms with Crippen LogP contribution in [0.4, 0.5) is 0 Å². The molecule has 1 fully saturated rings. The normalized spacial score (nSPS) is 17.1. The Bertz CT molecular complexity index is 582. The van der Waals surface area contributed by atoms with Gasteiger partial charge in [0, 0.05) is 24.1 Å². The van der Waals surface area contributed by atoms with Crippen LogP contribution in [0.1, 0.15) is 5.56 Å². The maximum absolute atomic E-state index is 12.2. The van der Waals surface area contributed by atoms with Gasteiger partial charge < -0.3 is 0 Å². The molecule has 20 heavy (non-hydrogen) atoms. The summed E-state index contributed by atoms with van der Waals surface area (Å²) in [5.74, 6) is -1.44. The molecule has 0 aliphatic carbocycles. The van der Waals surface area contributed by atoms with Gasteiger partial charge in [-0.25, -0.2) is 0 Å². The summed E-state index contributed by atoms with van der Waals surface area (Å²) >= 11 is 16.9. The van der Waals surface area contributed by atoms with Crippen molar-refractivity contribution in [2.45, 2.75) is 6.42 Å². The number of rotatable bonds is 2. The Kier molecular flexibility index (Phi) is 4.32. The molecule has 0 unspecified atom stereocenters. The molecule has 1 aliphatic heterocycles. The van der Waals surface area contributed by atoms with Crippen molar-refractivity contribution >= 4 is 52.3 Å². The molecule has 106 valence electrons. The van der Waals surface area contributed by atoms with Crippen molar-refractivity contribution in [2.75, 3.05) is 14.1 Å². The van der Waals surface area contributed by atoms with Gasteiger partial charge in [-0.3, -0.25) is 19.4 Å². The summed E-state index contributed by atoms with van der Waals surface area (Å²) < 4.78 is 0. The van der Waals surface area contributed by atoms with E-state index < -0.39 is 5.92 Å². The predicted octanol–water partition coefficient (Wildman–Crippen LogP) is 2.37. The smallest absolute Gasteiger partial charge is 0.241 e. The number of hydrogen-bond acceptors (Lipinski definition) is 3. The Labute approximate surface area is 132 Å². The van der Waals surface area contributed by atoms with Crippen LogP contribution < -0.4 is 0 Å². The van der Waals surface area contributed by atoms with Gasteiger partial charge in [0.25, 0.3) is 0 Å². The van der Waals surface area contributed by atoms with Gasteiger partial charge in [0.2, 0.25) is 11.8 Å². The van der Waals surface area contributed by atoms with E-state index >= 15 is 0 Å². The first-order chi connectivity index (χ1) is 9.32. The fraction of sp³-hybridized carbons (Fsp3) is 0.308. The third kappa shape index (κ3) is 2.66. The van der Waals surface area contributed by atoms with Crippen molar-refractivity contribution in [1.29, 1.82) is 0 Å². The third-order valence-electron chi connectivity index (χ3n) is 3.27. The second-order valence-electron chi connectivity index (χ2n) is 4.57. The highest BCUT2D eigenvalue weighted by Gasteiger charge is 2.40. The lowest BCUT2D eigenvalue weighted by molar-refractivity contribution is -0.145. The number of carbonyl (C=O) groups is 2. The molecule has 0 atom stereocenters. The van der Waals surface area contributed by atoms with Crippen LogP contribution in [0.25, 0.3) is 0 Å². The minimum Gasteiger partial charge on any atom is -0.291 e. The zero-order valence-corrected chi connectivity index (χ0v) is 13.2. The highest BCUT2D eigenvalue weighted by molar-refractivity contribution is 7.80. The molecule has 1 saturated heterocycles. The van der Waals surface area contributed by atoms with Crippen LogP contribution in [0, 0.1) is 5.92 Å². The summed E-state index contributed by atoms with van der Waals surface area (Å²) in [5, 5.41) is 1.16. The van der Waals surface area contributed by atoms with Crippen LogP contribution in [0.3, 0.4) is 0 Å². The van der Waals surface area contributed by atoms with Crippen LogP contribution in [0.15, 0.2) is 18.2 Å². The second-order valence-corrected chi connectivity index (χ2v) is 5.78. The monoisotopic (exact) mass is 330 g/mol. The van der Waals surface area contributed by atoms with Crippen molar-refractivity contribution in [3.05, 3.63) is 33.8 Å². The standard InChI is InChI=1S/C13H12Cl2N2O2S/c1-16-11(18)9(12(19)17(2)13(16)20)5-7-3-4-8(14)6-10(7)15/h3-4,6,9H,5H2,1-2H3. The Morgan fingerprint density at radius 3 is 2.20 bits per heavy atom. The highest BCUT2D eigenvalue weighted by Crippen LogP contribution is 2.26. The van der Waals surface area contributed by atoms with Crippen molar-refractivity contribution in [2.24, 2.45) is 5.92 Å². The number of thiocarbonyl (C=S) groups is 1. The molecule has 4 nitrogen and oxygen atoms in total. The first kappa shape index (κ1) is 15.2. The zero-order chi connectivity index (χ0) is 15.0. The molecule has 0 bridgehead atoms. The van der Waals surface area contributed by atoms with Gasteiger partial charge in [-0.15, -0.1) is 0 Å². The van der Waals surface area contributed by atoms with Gasteiger partial charge in [0.1, 0.15) is 5.92 Å². The van der Waals surface area contributed by atoms with E-state index in [-0.39, 0.29) is 23.3 Å². The molecule has 0 aromatic heterocycles. The van der Waals surface area contributed by atoms with Crippen LogP contribution in [-0.2, 0) is 16.0 Å². The molecule has 0 radical (unpaired) electrons. The second kappa shape index (κ2) is 5.68. The van der Waals surface area contributed by atoms with E-state index in [1.54, 1.807) is 32.3 Å². The van der Waals surface area contributed by atoms with Crippen LogP contribution in [0.5, 0.6) is 0 Å². The van der Waals surface area contributed by atoms with Crippen LogP contribution in [0.2, 0.25) is 10.0 Å². The minimum atomic E-state index is -0.810. The minimum absolute atomic E-state index is 0.207. The number of halogens is 2. The molecule has 0 N–H and O–H groups in total. The van der Waals surface area contributed by atoms with Crippen LogP contribution in [-0.4, -0.2) is 40.8 Å². The maximum Gasteiger partial charge on any atom is 0.241 e. The topological polar surface area (TPSA) is 40.6 Å². The third-order valence-corrected chi connectivity index (χ3v) is 4.41. The molecular weight excluding hydrogens is 319 g/mol. The number of benzene rings is 1. The lowest BCUT2D eigenvalue weighted by atomic mass is 9.95. The Hall–Kier alpha value is -1.17. The van der Waals surface area contributed by atoms with Crippen molar-refractivity contribution < 1.29 is 9.59 Å². The van der Waals surface area contributed by atoms with E-state index in [9.17, 15) is 9.59 Å². The summed E-state index contributed by atoms with van der Waals surface area (Å²) in [6, 6.07) is 4.99. The Balaban J connectivity index is 2.29. The maximum atomic E-state index is 12.2. The van der Waals surface area contributed by atoms with Crippen LogP contribution >= 0.6 is 35.4 Å². The molecule has 0 spiro atoms. The van der Waals surface area contributed by atoms with E-state index in [0.29, 0.717) is 15.6 Å². The lowest BCUT2D eigenvalue weighted by Gasteiger charge is -2.35. The highest BCUT2D eigenvalue weighted by atomic mass is 35.5. The number of carbonyl (C=O) groups excluding carboxylic acids is 2. The van der Waals surface area contributed by atoms with Crippen molar-refractivity contribution in [3.63, 3.8) is 0 Å². The lowest BCUT2D eigenvalue weighted by Crippen LogP contribution is -2.57. The van der Waals surface area contributed by atoms with Gasteiger partial charge in [-0.2, -0.15) is 0 Å². The molecule has 7 heteroatoms. The van der Waals surface area contributed by atoms with E-state index in [1.807, 2.05) is 0 Å². The van der Waals surface area contributed by atoms with Gasteiger partial charge >= 0.3 is 0 Å². The zero-order valence-electron chi connectivity index (χ0n) is 10.9. The molecule has 1 heterocycles. The van der Waals surface area contributed by atoms with Gasteiger partial charge in [0.05, 0.1) is 0 Å². The number of nitrogens with zero attached hydrogens (tertiary/aromatic N) is 2. The number of amides is 2. The van der Waals surface area contributed by atoms with E-state index in [0.717, 1.165) is 0 Å². The summed E-state index contributed by atoms with van der Waals surface area (Å²) in [4.78, 5) is 27.0. The number of hydrogen-bond donors (Lipinski definition) is 0. The molecule has 2 rings (SSSR count). The summed E-state index contributed by atoms with van der Waals surface area (Å²) in [5.41, 5.74) is 0.706. The molecule has 1 aliphatic rings. The Morgan fingerprint density at radius 2 is 1.70 bits per heavy atom. The van der Waals surface area contributed by atoms with Gasteiger partial charge in [-0.05, 0) is 36.3 Å². The summed E-state index contributed by atoms with van der Waals surface area (Å²) in [7, 11) is 3.12. The fourth-order valence-electron chi connectivity index (χ4n) is 2.07. The molecule has 1 aromatic rings. The average Bonchev–Trinajstić information content (AvgIpc) is 2.41. The largest absolute Gasteiger partial charge is 0.291 e. The van der Waals surface area contributed by atoms with Crippen molar-refractivity contribution in [1.82, 2.24) is 9.80 Å². The molecular formula is C13H12Cl2N2O2S. The summed E-state index contributed by atoms with van der Waals surface area (Å²) in [6.07, 6.45) is 0.227. The fourth-order valence-corrected chi connectivity index (χ4v) is 2.73. The summed E-state index contributed by atoms with van der Waals surface area (Å²) in [6.45, 7) is 0. The predicted molar refractivity (Wildman–Crippen MR) is 81.8 cm³/mol. The first-order valence-corrected chi connectivity index (χ1v) is 7.02. The van der Waals surface area contributed by atoms with E-state index in [2.05, 4.69) is 0 Å². The van der Waals surface area contributed by atoms with Gasteiger partial charge in [-0.1, -0.05) is 29.3 Å². The van der Waals surface area contributed by atoms with E-state index in [4.69, 9.17) is 35.4 Å². The molecule has 1 aromatic carbocycles. The quantitative estimate of drug-likeness (QED) is 0.617. The first-order valence-electron chi connectivity index (χ1n) is 5.86. The van der Waals surface area contributed by atoms with Gasteiger partial charge in [0.15, 0.2) is 5.11 Å². The average molecular weight is 331 g/mol. The van der Waals surface area contributed by atoms with Crippen molar-refractivity contribution in [3.8, 4) is 0 Å². The SMILES string of the molecule is CN1C(=O)C(Cc2ccc(Cl)cc2Cl)C(=O)N(C)C1=S. The van der Waals surface area contributed by atoms with E-state index in [1.165, 1.54) is 9.80 Å².